The lowest BCUT2D eigenvalue weighted by molar-refractivity contribution is 0.547. The van der Waals surface area contributed by atoms with Gasteiger partial charge in [-0.1, -0.05) is 13.8 Å². The third-order valence-corrected chi connectivity index (χ3v) is 2.19. The van der Waals surface area contributed by atoms with E-state index in [1.807, 2.05) is 0 Å². The fourth-order valence-electron chi connectivity index (χ4n) is 1.25. The summed E-state index contributed by atoms with van der Waals surface area (Å²) in [4.78, 5) is 0. The van der Waals surface area contributed by atoms with Crippen molar-refractivity contribution in [2.75, 3.05) is 0 Å². The van der Waals surface area contributed by atoms with E-state index in [4.69, 9.17) is 5.73 Å². The van der Waals surface area contributed by atoms with E-state index in [0.717, 1.165) is 18.3 Å². The third-order valence-electron chi connectivity index (χ3n) is 2.19. The van der Waals surface area contributed by atoms with Gasteiger partial charge in [0.15, 0.2) is 0 Å². The predicted molar refractivity (Wildman–Crippen MR) is 35.5 cm³/mol. The average Bonchev–Trinajstić information content (AvgIpc) is 2.45. The van der Waals surface area contributed by atoms with Crippen molar-refractivity contribution in [2.24, 2.45) is 17.6 Å². The minimum absolute atomic E-state index is 0.491. The zero-order chi connectivity index (χ0) is 6.15. The Morgan fingerprint density at radius 2 is 2.25 bits per heavy atom. The fraction of sp³-hybridized carbons (Fsp3) is 1.00. The average molecular weight is 113 g/mol. The molecule has 0 heterocycles. The largest absolute Gasteiger partial charge is 0.327 e. The summed E-state index contributed by atoms with van der Waals surface area (Å²) in [5.74, 6) is 1.78. The van der Waals surface area contributed by atoms with Crippen LogP contribution in [0.2, 0.25) is 0 Å². The van der Waals surface area contributed by atoms with Crippen molar-refractivity contribution in [1.82, 2.24) is 0 Å². The molecule has 0 aliphatic heterocycles. The summed E-state index contributed by atoms with van der Waals surface area (Å²) in [6.45, 7) is 4.44. The molecule has 0 saturated heterocycles. The molecule has 1 rings (SSSR count). The van der Waals surface area contributed by atoms with Crippen molar-refractivity contribution < 1.29 is 0 Å². The van der Waals surface area contributed by atoms with E-state index in [2.05, 4.69) is 13.8 Å². The first-order valence-electron chi connectivity index (χ1n) is 3.51. The number of rotatable bonds is 2. The molecule has 0 aromatic carbocycles. The van der Waals surface area contributed by atoms with Crippen LogP contribution >= 0.6 is 0 Å². The van der Waals surface area contributed by atoms with Crippen LogP contribution in [0.5, 0.6) is 0 Å². The molecule has 0 radical (unpaired) electrons. The SMILES string of the molecule is CC[C@H](N)[C@H]1C[C@H]1C. The van der Waals surface area contributed by atoms with Gasteiger partial charge < -0.3 is 5.73 Å². The number of hydrogen-bond acceptors (Lipinski definition) is 1. The van der Waals surface area contributed by atoms with Crippen molar-refractivity contribution in [2.45, 2.75) is 32.7 Å². The lowest BCUT2D eigenvalue weighted by Crippen LogP contribution is -2.21. The van der Waals surface area contributed by atoms with Gasteiger partial charge in [-0.15, -0.1) is 0 Å². The van der Waals surface area contributed by atoms with Crippen LogP contribution in [0.4, 0.5) is 0 Å². The minimum atomic E-state index is 0.491. The number of nitrogens with two attached hydrogens (primary N) is 1. The minimum Gasteiger partial charge on any atom is -0.327 e. The van der Waals surface area contributed by atoms with E-state index in [0.29, 0.717) is 6.04 Å². The predicted octanol–water partition coefficient (Wildman–Crippen LogP) is 1.38. The summed E-state index contributed by atoms with van der Waals surface area (Å²) < 4.78 is 0. The standard InChI is InChI=1S/C7H15N/c1-3-7(8)6-4-5(6)2/h5-7H,3-4,8H2,1-2H3/t5-,6+,7+/m1/s1. The molecule has 2 N–H and O–H groups in total. The molecule has 1 saturated carbocycles. The second kappa shape index (κ2) is 2.06. The topological polar surface area (TPSA) is 26.0 Å². The molecular formula is C7H15N. The molecule has 3 atom stereocenters. The van der Waals surface area contributed by atoms with Gasteiger partial charge in [-0.2, -0.15) is 0 Å². The summed E-state index contributed by atoms with van der Waals surface area (Å²) in [7, 11) is 0. The first kappa shape index (κ1) is 6.09. The second-order valence-electron chi connectivity index (χ2n) is 2.95. The van der Waals surface area contributed by atoms with Crippen molar-refractivity contribution >= 4 is 0 Å². The van der Waals surface area contributed by atoms with Crippen LogP contribution in [0, 0.1) is 11.8 Å². The van der Waals surface area contributed by atoms with Crippen LogP contribution in [0.25, 0.3) is 0 Å². The fourth-order valence-corrected chi connectivity index (χ4v) is 1.25. The Bertz CT molecular complexity index is 78.5. The maximum Gasteiger partial charge on any atom is 0.00671 e. The van der Waals surface area contributed by atoms with E-state index in [1.165, 1.54) is 6.42 Å². The van der Waals surface area contributed by atoms with Gasteiger partial charge in [0, 0.05) is 6.04 Å². The molecule has 0 unspecified atom stereocenters. The molecular weight excluding hydrogens is 98.1 g/mol. The summed E-state index contributed by atoms with van der Waals surface area (Å²) in [6, 6.07) is 0.491. The zero-order valence-electron chi connectivity index (χ0n) is 5.72. The molecule has 0 amide bonds. The van der Waals surface area contributed by atoms with E-state index < -0.39 is 0 Å². The monoisotopic (exact) mass is 113 g/mol. The Morgan fingerprint density at radius 3 is 2.38 bits per heavy atom. The van der Waals surface area contributed by atoms with E-state index >= 15 is 0 Å². The van der Waals surface area contributed by atoms with Gasteiger partial charge in [-0.05, 0) is 24.7 Å². The summed E-state index contributed by atoms with van der Waals surface area (Å²) >= 11 is 0. The third kappa shape index (κ3) is 1.03. The smallest absolute Gasteiger partial charge is 0.00671 e. The molecule has 8 heavy (non-hydrogen) atoms. The second-order valence-corrected chi connectivity index (χ2v) is 2.95. The van der Waals surface area contributed by atoms with Crippen molar-refractivity contribution in [1.29, 1.82) is 0 Å². The Labute approximate surface area is 51.3 Å². The highest BCUT2D eigenvalue weighted by Crippen LogP contribution is 2.40. The van der Waals surface area contributed by atoms with Crippen molar-refractivity contribution in [3.8, 4) is 0 Å². The first-order chi connectivity index (χ1) is 3.75. The molecule has 48 valence electrons. The Morgan fingerprint density at radius 1 is 1.75 bits per heavy atom. The van der Waals surface area contributed by atoms with Gasteiger partial charge >= 0.3 is 0 Å². The molecule has 1 aliphatic carbocycles. The number of hydrogen-bond donors (Lipinski definition) is 1. The van der Waals surface area contributed by atoms with E-state index in [1.54, 1.807) is 0 Å². The van der Waals surface area contributed by atoms with Crippen LogP contribution in [0.3, 0.4) is 0 Å². The zero-order valence-corrected chi connectivity index (χ0v) is 5.72. The van der Waals surface area contributed by atoms with Crippen LogP contribution in [-0.2, 0) is 0 Å². The molecule has 0 spiro atoms. The highest BCUT2D eigenvalue weighted by atomic mass is 14.7. The lowest BCUT2D eigenvalue weighted by Gasteiger charge is -2.04. The van der Waals surface area contributed by atoms with Gasteiger partial charge in [0.25, 0.3) is 0 Å². The Hall–Kier alpha value is -0.0400. The van der Waals surface area contributed by atoms with Crippen LogP contribution in [0.1, 0.15) is 26.7 Å². The van der Waals surface area contributed by atoms with Crippen LogP contribution in [0.15, 0.2) is 0 Å². The van der Waals surface area contributed by atoms with E-state index in [9.17, 15) is 0 Å². The summed E-state index contributed by atoms with van der Waals surface area (Å²) in [5, 5.41) is 0. The summed E-state index contributed by atoms with van der Waals surface area (Å²) in [6.07, 6.45) is 2.52. The molecule has 0 aromatic rings. The molecule has 0 aromatic heterocycles. The first-order valence-corrected chi connectivity index (χ1v) is 3.51. The lowest BCUT2D eigenvalue weighted by atomic mass is 10.1. The quantitative estimate of drug-likeness (QED) is 0.575. The molecule has 1 fully saturated rings. The van der Waals surface area contributed by atoms with Crippen LogP contribution < -0.4 is 5.73 Å². The van der Waals surface area contributed by atoms with Crippen molar-refractivity contribution in [3.05, 3.63) is 0 Å². The molecule has 1 nitrogen and oxygen atoms in total. The van der Waals surface area contributed by atoms with Gasteiger partial charge in [0.05, 0.1) is 0 Å². The molecule has 1 aliphatic rings. The highest BCUT2D eigenvalue weighted by Gasteiger charge is 2.36. The van der Waals surface area contributed by atoms with Crippen molar-refractivity contribution in [3.63, 3.8) is 0 Å². The normalized spacial score (nSPS) is 39.4. The Balaban J connectivity index is 2.18. The Kier molecular flexibility index (Phi) is 1.57. The highest BCUT2D eigenvalue weighted by molar-refractivity contribution is 4.89. The van der Waals surface area contributed by atoms with Gasteiger partial charge in [0.1, 0.15) is 0 Å². The van der Waals surface area contributed by atoms with Gasteiger partial charge in [0.2, 0.25) is 0 Å². The molecule has 1 heteroatoms. The van der Waals surface area contributed by atoms with Crippen LogP contribution in [-0.4, -0.2) is 6.04 Å². The van der Waals surface area contributed by atoms with Gasteiger partial charge in [-0.25, -0.2) is 0 Å². The van der Waals surface area contributed by atoms with E-state index in [-0.39, 0.29) is 0 Å². The summed E-state index contributed by atoms with van der Waals surface area (Å²) in [5.41, 5.74) is 5.77. The molecule has 0 bridgehead atoms. The maximum absolute atomic E-state index is 5.77. The maximum atomic E-state index is 5.77. The van der Waals surface area contributed by atoms with Gasteiger partial charge in [-0.3, -0.25) is 0 Å².